The third kappa shape index (κ3) is 13.5. The first-order chi connectivity index (χ1) is 12.5. The molecule has 0 rings (SSSR count). The van der Waals surface area contributed by atoms with E-state index in [0.717, 1.165) is 6.42 Å². The van der Waals surface area contributed by atoms with Crippen LogP contribution in [0.3, 0.4) is 0 Å². The van der Waals surface area contributed by atoms with Crippen molar-refractivity contribution in [3.8, 4) is 0 Å². The minimum absolute atomic E-state index is 0.130. The molecule has 0 bridgehead atoms. The van der Waals surface area contributed by atoms with Crippen LogP contribution in [0.25, 0.3) is 0 Å². The van der Waals surface area contributed by atoms with Crippen molar-refractivity contribution in [1.29, 1.82) is 0 Å². The summed E-state index contributed by atoms with van der Waals surface area (Å²) in [7, 11) is 0. The topological polar surface area (TPSA) is 131 Å². The van der Waals surface area contributed by atoms with Crippen molar-refractivity contribution in [3.63, 3.8) is 0 Å². The summed E-state index contributed by atoms with van der Waals surface area (Å²) in [5.74, 6) is -1.44. The van der Waals surface area contributed by atoms with Crippen molar-refractivity contribution < 1.29 is 33.8 Å². The van der Waals surface area contributed by atoms with Crippen LogP contribution in [0.2, 0.25) is 0 Å². The van der Waals surface area contributed by atoms with Gasteiger partial charge in [0, 0.05) is 0 Å². The van der Waals surface area contributed by atoms with Gasteiger partial charge in [-0.25, -0.2) is 9.59 Å². The number of ether oxygens (including phenoxy) is 2. The van der Waals surface area contributed by atoms with Crippen LogP contribution in [-0.4, -0.2) is 54.8 Å². The molecule has 2 amide bonds. The summed E-state index contributed by atoms with van der Waals surface area (Å²) in [6.07, 6.45) is -0.894. The largest absolute Gasteiger partial charge is 0.465 e. The molecule has 27 heavy (non-hydrogen) atoms. The van der Waals surface area contributed by atoms with Crippen LogP contribution in [0, 0.1) is 17.8 Å². The fourth-order valence-electron chi connectivity index (χ4n) is 2.28. The molecule has 0 fully saturated rings. The number of nitrogens with one attached hydrogen (secondary N) is 2. The van der Waals surface area contributed by atoms with Crippen LogP contribution in [0.4, 0.5) is 4.79 Å². The Morgan fingerprint density at radius 1 is 0.926 bits per heavy atom. The Morgan fingerprint density at radius 2 is 1.56 bits per heavy atom. The molecule has 3 N–H and O–H groups in total. The van der Waals surface area contributed by atoms with E-state index in [1.807, 2.05) is 26.1 Å². The van der Waals surface area contributed by atoms with E-state index in [4.69, 9.17) is 14.6 Å². The zero-order valence-electron chi connectivity index (χ0n) is 16.7. The van der Waals surface area contributed by atoms with Crippen molar-refractivity contribution in [2.24, 2.45) is 17.8 Å². The van der Waals surface area contributed by atoms with Crippen LogP contribution in [-0.2, 0) is 23.9 Å². The minimum Gasteiger partial charge on any atom is -0.465 e. The zero-order valence-corrected chi connectivity index (χ0v) is 16.7. The Labute approximate surface area is 160 Å². The molecule has 0 aromatic heterocycles. The molecule has 9 nitrogen and oxygen atoms in total. The second-order valence-electron chi connectivity index (χ2n) is 7.42. The van der Waals surface area contributed by atoms with Gasteiger partial charge in [0.2, 0.25) is 5.91 Å². The molecule has 0 aromatic carbocycles. The molecule has 0 saturated carbocycles. The Hall–Kier alpha value is -2.32. The van der Waals surface area contributed by atoms with E-state index in [9.17, 15) is 19.2 Å². The van der Waals surface area contributed by atoms with Crippen LogP contribution < -0.4 is 10.6 Å². The molecule has 0 aliphatic rings. The molecule has 2 unspecified atom stereocenters. The maximum absolute atomic E-state index is 12.3. The third-order valence-corrected chi connectivity index (χ3v) is 3.35. The Balaban J connectivity index is 4.78. The van der Waals surface area contributed by atoms with Crippen molar-refractivity contribution >= 4 is 23.9 Å². The van der Waals surface area contributed by atoms with Gasteiger partial charge in [0.15, 0.2) is 0 Å². The molecule has 0 spiro atoms. The number of hydrogen-bond donors (Lipinski definition) is 3. The summed E-state index contributed by atoms with van der Waals surface area (Å²) >= 11 is 0. The fourth-order valence-corrected chi connectivity index (χ4v) is 2.28. The summed E-state index contributed by atoms with van der Waals surface area (Å²) in [6, 6.07) is -1.24. The Kier molecular flexibility index (Phi) is 11.8. The van der Waals surface area contributed by atoms with Crippen LogP contribution in [0.5, 0.6) is 0 Å². The molecule has 9 heteroatoms. The summed E-state index contributed by atoms with van der Waals surface area (Å²) in [5.41, 5.74) is 0. The van der Waals surface area contributed by atoms with Gasteiger partial charge in [-0.15, -0.1) is 0 Å². The van der Waals surface area contributed by atoms with E-state index in [1.165, 1.54) is 0 Å². The lowest BCUT2D eigenvalue weighted by atomic mass is 10.00. The van der Waals surface area contributed by atoms with Crippen LogP contribution in [0.15, 0.2) is 0 Å². The highest BCUT2D eigenvalue weighted by atomic mass is 16.5. The van der Waals surface area contributed by atoms with Crippen molar-refractivity contribution in [2.45, 2.75) is 53.5 Å². The number of hydrogen-bond acceptors (Lipinski definition) is 6. The van der Waals surface area contributed by atoms with E-state index >= 15 is 0 Å². The maximum atomic E-state index is 12.3. The molecular weight excluding hydrogens is 356 g/mol. The average Bonchev–Trinajstić information content (AvgIpc) is 2.54. The molecule has 0 aromatic rings. The average molecular weight is 388 g/mol. The molecule has 0 radical (unpaired) electrons. The third-order valence-electron chi connectivity index (χ3n) is 3.35. The van der Waals surface area contributed by atoms with E-state index in [2.05, 4.69) is 19.2 Å². The Morgan fingerprint density at radius 3 is 2.07 bits per heavy atom. The molecule has 0 saturated heterocycles. The SMILES string of the molecule is CC(C)COC(=O)CC(NC(=O)CNC(=O)O)C(=O)OCC(C)CC(C)C. The zero-order chi connectivity index (χ0) is 21.0. The minimum atomic E-state index is -1.37. The van der Waals surface area contributed by atoms with E-state index in [0.29, 0.717) is 5.92 Å². The summed E-state index contributed by atoms with van der Waals surface area (Å²) in [4.78, 5) is 46.5. The van der Waals surface area contributed by atoms with Gasteiger partial charge < -0.3 is 25.2 Å². The van der Waals surface area contributed by atoms with E-state index in [-0.39, 0.29) is 31.5 Å². The first-order valence-corrected chi connectivity index (χ1v) is 9.09. The number of carbonyl (C=O) groups excluding carboxylic acids is 3. The van der Waals surface area contributed by atoms with Gasteiger partial charge in [0.05, 0.1) is 19.6 Å². The summed E-state index contributed by atoms with van der Waals surface area (Å²) in [5, 5.41) is 12.7. The second-order valence-corrected chi connectivity index (χ2v) is 7.42. The predicted molar refractivity (Wildman–Crippen MR) is 98.0 cm³/mol. The number of esters is 2. The Bertz CT molecular complexity index is 506. The van der Waals surface area contributed by atoms with Crippen molar-refractivity contribution in [2.75, 3.05) is 19.8 Å². The normalized spacial score (nSPS) is 13.0. The van der Waals surface area contributed by atoms with Crippen molar-refractivity contribution in [1.82, 2.24) is 10.6 Å². The summed E-state index contributed by atoms with van der Waals surface area (Å²) in [6.45, 7) is 9.61. The number of carboxylic acid groups (broad SMARTS) is 1. The highest BCUT2D eigenvalue weighted by Gasteiger charge is 2.27. The summed E-state index contributed by atoms with van der Waals surface area (Å²) < 4.78 is 10.3. The number of rotatable bonds is 12. The van der Waals surface area contributed by atoms with Crippen LogP contribution >= 0.6 is 0 Å². The van der Waals surface area contributed by atoms with Gasteiger partial charge in [0.1, 0.15) is 12.6 Å². The molecule has 156 valence electrons. The fraction of sp³-hybridized carbons (Fsp3) is 0.778. The quantitative estimate of drug-likeness (QED) is 0.432. The van der Waals surface area contributed by atoms with E-state index in [1.54, 1.807) is 0 Å². The van der Waals surface area contributed by atoms with E-state index < -0.39 is 36.5 Å². The molecule has 0 aliphatic heterocycles. The lowest BCUT2D eigenvalue weighted by Gasteiger charge is -2.19. The van der Waals surface area contributed by atoms with Crippen molar-refractivity contribution in [3.05, 3.63) is 0 Å². The van der Waals surface area contributed by atoms with Gasteiger partial charge in [0.25, 0.3) is 0 Å². The molecule has 0 aliphatic carbocycles. The number of amides is 2. The molecular formula is C18H32N2O7. The first-order valence-electron chi connectivity index (χ1n) is 9.09. The standard InChI is InChI=1S/C18H32N2O7/c1-11(2)6-13(5)10-27-17(23)14(7-16(22)26-9-12(3)4)20-15(21)8-19-18(24)25/h11-14,19H,6-10H2,1-5H3,(H,20,21)(H,24,25). The highest BCUT2D eigenvalue weighted by molar-refractivity contribution is 5.89. The number of carbonyl (C=O) groups is 4. The smallest absolute Gasteiger partial charge is 0.405 e. The highest BCUT2D eigenvalue weighted by Crippen LogP contribution is 2.12. The predicted octanol–water partition coefficient (Wildman–Crippen LogP) is 1.55. The lowest BCUT2D eigenvalue weighted by molar-refractivity contribution is -0.155. The van der Waals surface area contributed by atoms with Gasteiger partial charge in [-0.3, -0.25) is 9.59 Å². The second kappa shape index (κ2) is 12.9. The molecule has 2 atom stereocenters. The van der Waals surface area contributed by atoms with Crippen LogP contribution in [0.1, 0.15) is 47.5 Å². The first kappa shape index (κ1) is 24.7. The monoisotopic (exact) mass is 388 g/mol. The van der Waals surface area contributed by atoms with Gasteiger partial charge >= 0.3 is 18.0 Å². The molecule has 0 heterocycles. The lowest BCUT2D eigenvalue weighted by Crippen LogP contribution is -2.47. The van der Waals surface area contributed by atoms with Gasteiger partial charge in [-0.05, 0) is 24.2 Å². The van der Waals surface area contributed by atoms with Gasteiger partial charge in [-0.2, -0.15) is 0 Å². The van der Waals surface area contributed by atoms with Gasteiger partial charge in [-0.1, -0.05) is 34.6 Å². The maximum Gasteiger partial charge on any atom is 0.405 e.